The van der Waals surface area contributed by atoms with Crippen LogP contribution in [-0.2, 0) is 13.6 Å². The van der Waals surface area contributed by atoms with Crippen LogP contribution in [0.5, 0.6) is 5.75 Å². The van der Waals surface area contributed by atoms with Gasteiger partial charge in [0, 0.05) is 17.1 Å². The van der Waals surface area contributed by atoms with Gasteiger partial charge in [-0.3, -0.25) is 14.2 Å². The number of hydrogen-bond donors (Lipinski definition) is 0. The van der Waals surface area contributed by atoms with Gasteiger partial charge in [-0.15, -0.1) is 0 Å². The fourth-order valence-corrected chi connectivity index (χ4v) is 3.09. The average Bonchev–Trinajstić information content (AvgIpc) is 2.74. The van der Waals surface area contributed by atoms with E-state index in [1.54, 1.807) is 36.0 Å². The van der Waals surface area contributed by atoms with Gasteiger partial charge in [0.05, 0.1) is 17.4 Å². The number of fused-ring (bicyclic) bond motifs is 1. The molecule has 0 unspecified atom stereocenters. The number of hydrogen-bond acceptors (Lipinski definition) is 2. The Kier molecular flexibility index (Phi) is 4.45. The second-order valence-electron chi connectivity index (χ2n) is 5.54. The topological polar surface area (TPSA) is 36.2 Å². The Morgan fingerprint density at radius 3 is 2.67 bits per heavy atom. The molecule has 0 fully saturated rings. The van der Waals surface area contributed by atoms with Gasteiger partial charge in [-0.05, 0) is 31.2 Å². The first-order chi connectivity index (χ1) is 11.4. The highest BCUT2D eigenvalue weighted by atomic mass is 79.9. The third-order valence-corrected chi connectivity index (χ3v) is 4.37. The molecule has 0 saturated carbocycles. The van der Waals surface area contributed by atoms with Crippen LogP contribution in [-0.4, -0.2) is 16.0 Å². The van der Waals surface area contributed by atoms with E-state index in [1.807, 2.05) is 13.0 Å². The molecule has 0 bridgehead atoms. The summed E-state index contributed by atoms with van der Waals surface area (Å²) >= 11 is 3.40. The molecule has 0 aliphatic rings. The van der Waals surface area contributed by atoms with Crippen molar-refractivity contribution in [1.82, 2.24) is 9.36 Å². The second-order valence-corrected chi connectivity index (χ2v) is 6.45. The molecule has 3 rings (SSSR count). The second kappa shape index (κ2) is 6.39. The Labute approximate surface area is 145 Å². The third kappa shape index (κ3) is 3.08. The van der Waals surface area contributed by atoms with Crippen LogP contribution in [0.15, 0.2) is 45.7 Å². The summed E-state index contributed by atoms with van der Waals surface area (Å²) in [6.07, 6.45) is 0. The highest BCUT2D eigenvalue weighted by Crippen LogP contribution is 2.25. The summed E-state index contributed by atoms with van der Waals surface area (Å²) in [4.78, 5) is 12.4. The molecule has 1 aromatic heterocycles. The summed E-state index contributed by atoms with van der Waals surface area (Å²) in [6, 6.07) is 10.4. The fraction of sp³-hybridized carbons (Fsp3) is 0.235. The van der Waals surface area contributed by atoms with Crippen molar-refractivity contribution in [1.29, 1.82) is 0 Å². The van der Waals surface area contributed by atoms with Crippen LogP contribution in [0.4, 0.5) is 8.78 Å². The van der Waals surface area contributed by atoms with Crippen molar-refractivity contribution in [3.8, 4) is 5.75 Å². The van der Waals surface area contributed by atoms with Crippen LogP contribution in [0.1, 0.15) is 11.1 Å². The van der Waals surface area contributed by atoms with Gasteiger partial charge in [-0.1, -0.05) is 33.6 Å². The van der Waals surface area contributed by atoms with Gasteiger partial charge in [0.2, 0.25) is 0 Å². The molecule has 0 radical (unpaired) electrons. The van der Waals surface area contributed by atoms with E-state index in [1.165, 1.54) is 10.7 Å². The summed E-state index contributed by atoms with van der Waals surface area (Å²) in [5.74, 6) is 0.111. The van der Waals surface area contributed by atoms with E-state index < -0.39 is 6.61 Å². The van der Waals surface area contributed by atoms with Crippen LogP contribution in [0, 0.1) is 6.92 Å². The van der Waals surface area contributed by atoms with Crippen molar-refractivity contribution in [3.05, 3.63) is 62.4 Å². The molecule has 4 nitrogen and oxygen atoms in total. The molecule has 2 aromatic carbocycles. The lowest BCUT2D eigenvalue weighted by Crippen LogP contribution is -2.20. The molecule has 0 saturated heterocycles. The number of aryl methyl sites for hydroxylation is 1. The fourth-order valence-electron chi connectivity index (χ4n) is 2.74. The van der Waals surface area contributed by atoms with Gasteiger partial charge >= 0.3 is 6.61 Å². The number of halogens is 3. The van der Waals surface area contributed by atoms with Crippen molar-refractivity contribution in [2.24, 2.45) is 7.05 Å². The van der Waals surface area contributed by atoms with Crippen molar-refractivity contribution in [3.63, 3.8) is 0 Å². The number of rotatable bonds is 4. The van der Waals surface area contributed by atoms with E-state index in [-0.39, 0.29) is 17.9 Å². The highest BCUT2D eigenvalue weighted by molar-refractivity contribution is 9.10. The zero-order valence-corrected chi connectivity index (χ0v) is 14.7. The largest absolute Gasteiger partial charge is 0.434 e. The molecule has 3 aromatic rings. The molecule has 126 valence electrons. The SMILES string of the molecule is Cc1ccc(OC(F)F)c(Cn2c3cc(Br)ccc3c(=O)n2C)c1. The quantitative estimate of drug-likeness (QED) is 0.666. The maximum atomic E-state index is 12.6. The zero-order chi connectivity index (χ0) is 17.4. The first-order valence-electron chi connectivity index (χ1n) is 7.26. The standard InChI is InChI=1S/C17H15BrF2N2O2/c1-10-3-6-15(24-17(19)20)11(7-10)9-22-14-8-12(18)4-5-13(14)16(23)21(22)2/h3-8,17H,9H2,1-2H3. The van der Waals surface area contributed by atoms with E-state index in [0.717, 1.165) is 15.6 Å². The van der Waals surface area contributed by atoms with Crippen LogP contribution < -0.4 is 10.3 Å². The molecule has 0 aliphatic heterocycles. The lowest BCUT2D eigenvalue weighted by atomic mass is 10.1. The summed E-state index contributed by atoms with van der Waals surface area (Å²) in [6.45, 7) is -0.778. The van der Waals surface area contributed by atoms with Gasteiger partial charge in [0.1, 0.15) is 5.75 Å². The minimum Gasteiger partial charge on any atom is -0.434 e. The van der Waals surface area contributed by atoms with Crippen molar-refractivity contribution in [2.75, 3.05) is 0 Å². The van der Waals surface area contributed by atoms with Gasteiger partial charge < -0.3 is 4.74 Å². The van der Waals surface area contributed by atoms with Crippen LogP contribution in [0.25, 0.3) is 10.9 Å². The van der Waals surface area contributed by atoms with Crippen LogP contribution in [0.2, 0.25) is 0 Å². The lowest BCUT2D eigenvalue weighted by Gasteiger charge is -2.14. The van der Waals surface area contributed by atoms with E-state index in [2.05, 4.69) is 20.7 Å². The minimum atomic E-state index is -2.90. The predicted octanol–water partition coefficient (Wildman–Crippen LogP) is 4.06. The highest BCUT2D eigenvalue weighted by Gasteiger charge is 2.15. The Balaban J connectivity index is 2.14. The Hall–Kier alpha value is -2.15. The van der Waals surface area contributed by atoms with Gasteiger partial charge in [0.25, 0.3) is 5.56 Å². The Morgan fingerprint density at radius 2 is 1.96 bits per heavy atom. The van der Waals surface area contributed by atoms with E-state index >= 15 is 0 Å². The van der Waals surface area contributed by atoms with Gasteiger partial charge in [0.15, 0.2) is 0 Å². The summed E-state index contributed by atoms with van der Waals surface area (Å²) in [5, 5.41) is 0.574. The van der Waals surface area contributed by atoms with Crippen LogP contribution >= 0.6 is 15.9 Å². The molecule has 7 heteroatoms. The molecule has 0 atom stereocenters. The van der Waals surface area contributed by atoms with Crippen LogP contribution in [0.3, 0.4) is 0 Å². The van der Waals surface area contributed by atoms with E-state index in [4.69, 9.17) is 0 Å². The first-order valence-corrected chi connectivity index (χ1v) is 8.05. The molecular weight excluding hydrogens is 382 g/mol. The monoisotopic (exact) mass is 396 g/mol. The average molecular weight is 397 g/mol. The van der Waals surface area contributed by atoms with Crippen molar-refractivity contribution >= 4 is 26.8 Å². The summed E-state index contributed by atoms with van der Waals surface area (Å²) in [5.41, 5.74) is 2.10. The number of alkyl halides is 2. The van der Waals surface area contributed by atoms with Crippen molar-refractivity contribution < 1.29 is 13.5 Å². The molecule has 0 aliphatic carbocycles. The summed E-state index contributed by atoms with van der Waals surface area (Å²) in [7, 11) is 1.65. The number of ether oxygens (including phenoxy) is 1. The van der Waals surface area contributed by atoms with Gasteiger partial charge in [-0.25, -0.2) is 0 Å². The summed E-state index contributed by atoms with van der Waals surface area (Å²) < 4.78 is 33.9. The molecular formula is C17H15BrF2N2O2. The Morgan fingerprint density at radius 1 is 1.21 bits per heavy atom. The minimum absolute atomic E-state index is 0.111. The number of nitrogens with zero attached hydrogens (tertiary/aromatic N) is 2. The van der Waals surface area contributed by atoms with Gasteiger partial charge in [-0.2, -0.15) is 8.78 Å². The number of benzene rings is 2. The van der Waals surface area contributed by atoms with E-state index in [9.17, 15) is 13.6 Å². The first kappa shape index (κ1) is 16.7. The third-order valence-electron chi connectivity index (χ3n) is 3.88. The number of aromatic nitrogens is 2. The van der Waals surface area contributed by atoms with Crippen molar-refractivity contribution in [2.45, 2.75) is 20.1 Å². The predicted molar refractivity (Wildman–Crippen MR) is 91.8 cm³/mol. The molecule has 24 heavy (non-hydrogen) atoms. The smallest absolute Gasteiger partial charge is 0.387 e. The van der Waals surface area contributed by atoms with E-state index in [0.29, 0.717) is 10.9 Å². The Bertz CT molecular complexity index is 963. The molecule has 0 spiro atoms. The molecule has 0 N–H and O–H groups in total. The maximum Gasteiger partial charge on any atom is 0.387 e. The molecule has 0 amide bonds. The zero-order valence-electron chi connectivity index (χ0n) is 13.1. The maximum absolute atomic E-state index is 12.6. The lowest BCUT2D eigenvalue weighted by molar-refractivity contribution is -0.0505. The molecule has 1 heterocycles. The normalized spacial score (nSPS) is 11.4.